The van der Waals surface area contributed by atoms with E-state index in [1.54, 1.807) is 23.1 Å². The summed E-state index contributed by atoms with van der Waals surface area (Å²) in [4.78, 5) is 59.6. The molecule has 4 heterocycles. The lowest BCUT2D eigenvalue weighted by Crippen LogP contribution is -2.56. The number of nitrogens with zero attached hydrogens (tertiary/aromatic N) is 2. The van der Waals surface area contributed by atoms with Crippen molar-refractivity contribution in [3.8, 4) is 0 Å². The number of likely N-dealkylation sites (tertiary alicyclic amines) is 1. The zero-order valence-electron chi connectivity index (χ0n) is 26.7. The third kappa shape index (κ3) is 6.24. The molecule has 47 heavy (non-hydrogen) atoms. The van der Waals surface area contributed by atoms with Crippen molar-refractivity contribution in [1.29, 1.82) is 0 Å². The molecular formula is C37H43N3O7. The molecule has 7 atom stereocenters. The van der Waals surface area contributed by atoms with Crippen LogP contribution in [0.4, 0.5) is 0 Å². The van der Waals surface area contributed by atoms with E-state index < -0.39 is 60.2 Å². The Hall–Kier alpha value is -4.28. The first-order valence-corrected chi connectivity index (χ1v) is 16.7. The Kier molecular flexibility index (Phi) is 9.89. The Morgan fingerprint density at radius 3 is 2.45 bits per heavy atom. The second-order valence-corrected chi connectivity index (χ2v) is 12.7. The molecule has 0 aliphatic carbocycles. The maximum absolute atomic E-state index is 14.9. The monoisotopic (exact) mass is 641 g/mol. The number of unbranched alkanes of at least 4 members (excludes halogenated alkanes) is 2. The standard InChI is InChI=1S/C37H43N3O7/c1-2-3-12-21-39-22-13-20-37-32(34(43)40(33(37)35(39)44)27(24-41)25-14-6-4-7-15-25)31-28(47-37)18-10-11-19-30(42)38-23-29(46-36(31)45)26-16-8-5-9-17-26/h4-10,13-18,20,27-29,31-33,41H,2-3,11-12,19,21-24H2,1H3,(H,38,42)/b18-10-/t27-,28-,29+,31+,32+,33-,37+/m1/s1. The number of amides is 3. The molecule has 248 valence electrons. The van der Waals surface area contributed by atoms with Crippen LogP contribution in [-0.2, 0) is 28.7 Å². The molecule has 2 fully saturated rings. The lowest BCUT2D eigenvalue weighted by Gasteiger charge is -2.38. The molecule has 0 saturated carbocycles. The number of hydrogen-bond acceptors (Lipinski definition) is 7. The van der Waals surface area contributed by atoms with Crippen LogP contribution in [0.25, 0.3) is 0 Å². The number of allylic oxidation sites excluding steroid dienone is 1. The zero-order chi connectivity index (χ0) is 33.0. The molecule has 6 rings (SSSR count). The second kappa shape index (κ2) is 14.2. The molecule has 2 aromatic rings. The summed E-state index contributed by atoms with van der Waals surface area (Å²) >= 11 is 0. The average Bonchev–Trinajstić information content (AvgIpc) is 3.48. The number of fused-ring (bicyclic) bond motifs is 2. The van der Waals surface area contributed by atoms with Crippen molar-refractivity contribution in [2.75, 3.05) is 26.2 Å². The van der Waals surface area contributed by atoms with Crippen molar-refractivity contribution in [3.63, 3.8) is 0 Å². The van der Waals surface area contributed by atoms with Gasteiger partial charge in [0, 0.05) is 19.5 Å². The van der Waals surface area contributed by atoms with Gasteiger partial charge in [-0.3, -0.25) is 19.2 Å². The van der Waals surface area contributed by atoms with Gasteiger partial charge in [0.05, 0.1) is 31.2 Å². The fourth-order valence-electron chi connectivity index (χ4n) is 7.51. The molecule has 0 unspecified atom stereocenters. The van der Waals surface area contributed by atoms with E-state index in [1.807, 2.05) is 66.7 Å². The summed E-state index contributed by atoms with van der Waals surface area (Å²) < 4.78 is 13.0. The highest BCUT2D eigenvalue weighted by Crippen LogP contribution is 2.55. The van der Waals surface area contributed by atoms with Crippen molar-refractivity contribution < 1.29 is 33.8 Å². The van der Waals surface area contributed by atoms with E-state index in [0.717, 1.165) is 19.3 Å². The first-order chi connectivity index (χ1) is 22.9. The number of benzene rings is 2. The normalized spacial score (nSPS) is 30.6. The van der Waals surface area contributed by atoms with Crippen LogP contribution in [0.15, 0.2) is 85.0 Å². The van der Waals surface area contributed by atoms with Crippen LogP contribution in [0.1, 0.15) is 62.3 Å². The van der Waals surface area contributed by atoms with Gasteiger partial charge < -0.3 is 29.7 Å². The molecule has 2 saturated heterocycles. The van der Waals surface area contributed by atoms with Gasteiger partial charge in [-0.1, -0.05) is 105 Å². The van der Waals surface area contributed by atoms with E-state index in [9.17, 15) is 24.3 Å². The molecule has 4 aliphatic heterocycles. The SMILES string of the molecule is CCCCCN1CC=C[C@]23O[C@@H]4/C=C\CCC(=O)NC[C@@H](c5ccccc5)OC(=O)[C@@H]4[C@H]2C(=O)N([C@H](CO)c2ccccc2)[C@@H]3C1=O. The van der Waals surface area contributed by atoms with E-state index >= 15 is 0 Å². The van der Waals surface area contributed by atoms with Gasteiger partial charge in [0.1, 0.15) is 23.7 Å². The van der Waals surface area contributed by atoms with Gasteiger partial charge in [0.2, 0.25) is 17.7 Å². The van der Waals surface area contributed by atoms with Crippen LogP contribution in [0.5, 0.6) is 0 Å². The van der Waals surface area contributed by atoms with E-state index in [1.165, 1.54) is 4.90 Å². The lowest BCUT2D eigenvalue weighted by molar-refractivity contribution is -0.160. The van der Waals surface area contributed by atoms with Crippen LogP contribution in [0, 0.1) is 11.8 Å². The van der Waals surface area contributed by atoms with Gasteiger partial charge in [-0.2, -0.15) is 0 Å². The summed E-state index contributed by atoms with van der Waals surface area (Å²) in [6, 6.07) is 16.3. The molecule has 0 aromatic heterocycles. The van der Waals surface area contributed by atoms with E-state index in [-0.39, 0.29) is 24.8 Å². The van der Waals surface area contributed by atoms with Gasteiger partial charge in [0.25, 0.3) is 0 Å². The Morgan fingerprint density at radius 1 is 0.979 bits per heavy atom. The van der Waals surface area contributed by atoms with E-state index in [0.29, 0.717) is 30.6 Å². The number of aliphatic hydroxyl groups excluding tert-OH is 1. The Bertz CT molecular complexity index is 1510. The highest BCUT2D eigenvalue weighted by molar-refractivity contribution is 5.99. The topological polar surface area (TPSA) is 125 Å². The first kappa shape index (κ1) is 32.7. The largest absolute Gasteiger partial charge is 0.455 e. The molecule has 1 spiro atoms. The number of esters is 1. The van der Waals surface area contributed by atoms with Gasteiger partial charge in [-0.05, 0) is 24.0 Å². The third-order valence-electron chi connectivity index (χ3n) is 9.79. The van der Waals surface area contributed by atoms with Crippen molar-refractivity contribution in [1.82, 2.24) is 15.1 Å². The number of nitrogens with one attached hydrogen (secondary N) is 1. The predicted molar refractivity (Wildman–Crippen MR) is 173 cm³/mol. The summed E-state index contributed by atoms with van der Waals surface area (Å²) in [7, 11) is 0. The van der Waals surface area contributed by atoms with Crippen molar-refractivity contribution in [2.24, 2.45) is 11.8 Å². The molecule has 4 aliphatic rings. The summed E-state index contributed by atoms with van der Waals surface area (Å²) in [5.74, 6) is -3.70. The van der Waals surface area contributed by atoms with Crippen LogP contribution >= 0.6 is 0 Å². The Morgan fingerprint density at radius 2 is 1.72 bits per heavy atom. The second-order valence-electron chi connectivity index (χ2n) is 12.7. The quantitative estimate of drug-likeness (QED) is 0.256. The Labute approximate surface area is 275 Å². The van der Waals surface area contributed by atoms with Gasteiger partial charge in [-0.25, -0.2) is 0 Å². The smallest absolute Gasteiger partial charge is 0.313 e. The van der Waals surface area contributed by atoms with Crippen molar-refractivity contribution >= 4 is 23.7 Å². The molecule has 10 heteroatoms. The number of hydrogen-bond donors (Lipinski definition) is 2. The summed E-state index contributed by atoms with van der Waals surface area (Å²) in [5.41, 5.74) is -0.104. The van der Waals surface area contributed by atoms with E-state index in [4.69, 9.17) is 9.47 Å². The highest BCUT2D eigenvalue weighted by atomic mass is 16.6. The molecule has 3 amide bonds. The van der Waals surface area contributed by atoms with Crippen molar-refractivity contribution in [2.45, 2.75) is 68.9 Å². The summed E-state index contributed by atoms with van der Waals surface area (Å²) in [6.07, 6.45) is 8.88. The first-order valence-electron chi connectivity index (χ1n) is 16.7. The van der Waals surface area contributed by atoms with Gasteiger partial charge in [0.15, 0.2) is 0 Å². The summed E-state index contributed by atoms with van der Waals surface area (Å²) in [6.45, 7) is 2.60. The predicted octanol–water partition coefficient (Wildman–Crippen LogP) is 3.64. The number of carbonyl (C=O) groups excluding carboxylic acids is 4. The highest BCUT2D eigenvalue weighted by Gasteiger charge is 2.72. The number of ether oxygens (including phenoxy) is 2. The Balaban J connectivity index is 1.45. The minimum Gasteiger partial charge on any atom is -0.455 e. The van der Waals surface area contributed by atoms with Gasteiger partial charge >= 0.3 is 5.97 Å². The number of carbonyl (C=O) groups is 4. The summed E-state index contributed by atoms with van der Waals surface area (Å²) in [5, 5.41) is 13.6. The number of cyclic esters (lactones) is 1. The van der Waals surface area contributed by atoms with Crippen LogP contribution in [0.2, 0.25) is 0 Å². The average molecular weight is 642 g/mol. The molecular weight excluding hydrogens is 598 g/mol. The van der Waals surface area contributed by atoms with Crippen LogP contribution in [0.3, 0.4) is 0 Å². The molecule has 10 nitrogen and oxygen atoms in total. The molecule has 0 radical (unpaired) electrons. The van der Waals surface area contributed by atoms with Crippen LogP contribution < -0.4 is 5.32 Å². The zero-order valence-corrected chi connectivity index (χ0v) is 26.7. The molecule has 2 N–H and O–H groups in total. The van der Waals surface area contributed by atoms with Crippen molar-refractivity contribution in [3.05, 3.63) is 96.1 Å². The minimum absolute atomic E-state index is 0.0702. The van der Waals surface area contributed by atoms with Gasteiger partial charge in [-0.15, -0.1) is 0 Å². The molecule has 0 bridgehead atoms. The maximum Gasteiger partial charge on any atom is 0.313 e. The minimum atomic E-state index is -1.48. The molecule has 2 aromatic carbocycles. The van der Waals surface area contributed by atoms with Crippen LogP contribution in [-0.4, -0.2) is 82.6 Å². The lowest BCUT2D eigenvalue weighted by atomic mass is 9.78. The van der Waals surface area contributed by atoms with E-state index in [2.05, 4.69) is 12.2 Å². The maximum atomic E-state index is 14.9. The fourth-order valence-corrected chi connectivity index (χ4v) is 7.51. The number of rotatable bonds is 8. The number of aliphatic hydroxyl groups is 1. The fraction of sp³-hybridized carbons (Fsp3) is 0.459. The third-order valence-corrected chi connectivity index (χ3v) is 9.79.